The zero-order chi connectivity index (χ0) is 4.43. The molecule has 0 aromatic rings. The number of rotatable bonds is 0. The van der Waals surface area contributed by atoms with Crippen molar-refractivity contribution in [1.29, 1.82) is 0 Å². The van der Waals surface area contributed by atoms with E-state index in [1.807, 2.05) is 0 Å². The van der Waals surface area contributed by atoms with Gasteiger partial charge in [-0.05, 0) is 30.1 Å². The summed E-state index contributed by atoms with van der Waals surface area (Å²) in [6, 6.07) is 0. The molecule has 0 aromatic heterocycles. The van der Waals surface area contributed by atoms with Gasteiger partial charge in [-0.2, -0.15) is 0 Å². The number of allylic oxidation sites excluding steroid dienone is 2. The highest BCUT2D eigenvalue weighted by molar-refractivity contribution is 5.28. The largest absolute Gasteiger partial charge is 0.0842 e. The fourth-order valence-electron chi connectivity index (χ4n) is 2.20. The smallest absolute Gasteiger partial charge is 0.0136 e. The van der Waals surface area contributed by atoms with Gasteiger partial charge in [0, 0.05) is 0 Å². The van der Waals surface area contributed by atoms with Crippen LogP contribution in [0.5, 0.6) is 0 Å². The summed E-state index contributed by atoms with van der Waals surface area (Å²) < 4.78 is 0. The minimum absolute atomic E-state index is 1.07. The van der Waals surface area contributed by atoms with Crippen LogP contribution in [0.4, 0.5) is 0 Å². The Hall–Kier alpha value is -0.260. The van der Waals surface area contributed by atoms with E-state index in [1.54, 1.807) is 6.42 Å². The Kier molecular flexibility index (Phi) is 0.247. The molecule has 2 fully saturated rings. The Labute approximate surface area is 43.2 Å². The first kappa shape index (κ1) is 2.91. The highest BCUT2D eigenvalue weighted by atomic mass is 14.7. The first-order chi connectivity index (χ1) is 3.47. The summed E-state index contributed by atoms with van der Waals surface area (Å²) >= 11 is 0. The molecule has 0 radical (unpaired) electrons. The summed E-state index contributed by atoms with van der Waals surface area (Å²) in [4.78, 5) is 0. The molecule has 0 N–H and O–H groups in total. The first-order valence-electron chi connectivity index (χ1n) is 3.15. The van der Waals surface area contributed by atoms with Gasteiger partial charge in [-0.15, -0.1) is 0 Å². The van der Waals surface area contributed by atoms with Crippen molar-refractivity contribution in [2.45, 2.75) is 6.42 Å². The normalized spacial score (nSPS) is 69.7. The summed E-state index contributed by atoms with van der Waals surface area (Å²) in [6.45, 7) is 0. The van der Waals surface area contributed by atoms with E-state index < -0.39 is 0 Å². The molecule has 3 aliphatic carbocycles. The molecule has 2 saturated carbocycles. The number of hydrogen-bond acceptors (Lipinski definition) is 0. The third-order valence-electron chi connectivity index (χ3n) is 2.88. The lowest BCUT2D eigenvalue weighted by Gasteiger charge is -2.38. The Morgan fingerprint density at radius 3 is 1.86 bits per heavy atom. The summed E-state index contributed by atoms with van der Waals surface area (Å²) in [6.07, 6.45) is 6.33. The van der Waals surface area contributed by atoms with Crippen molar-refractivity contribution in [2.24, 2.45) is 23.7 Å². The third kappa shape index (κ3) is 0.155. The fourth-order valence-corrected chi connectivity index (χ4v) is 2.20. The van der Waals surface area contributed by atoms with E-state index in [0.29, 0.717) is 0 Å². The zero-order valence-electron chi connectivity index (χ0n) is 4.17. The molecule has 4 atom stereocenters. The van der Waals surface area contributed by atoms with Crippen LogP contribution in [0, 0.1) is 23.7 Å². The number of fused-ring (bicyclic) bond motifs is 4. The minimum atomic E-state index is 1.07. The van der Waals surface area contributed by atoms with Crippen LogP contribution in [0.15, 0.2) is 12.2 Å². The molecule has 4 unspecified atom stereocenters. The Balaban J connectivity index is 2.11. The lowest BCUT2D eigenvalue weighted by molar-refractivity contribution is 0.222. The zero-order valence-corrected chi connectivity index (χ0v) is 4.17. The molecule has 0 aromatic carbocycles. The molecular formula is C7H8. The van der Waals surface area contributed by atoms with Crippen LogP contribution in [0.25, 0.3) is 0 Å². The topological polar surface area (TPSA) is 0 Å². The minimum Gasteiger partial charge on any atom is -0.0842 e. The molecule has 3 aliphatic rings. The maximum atomic E-state index is 2.39. The van der Waals surface area contributed by atoms with E-state index >= 15 is 0 Å². The van der Waals surface area contributed by atoms with E-state index in [-0.39, 0.29) is 0 Å². The van der Waals surface area contributed by atoms with Crippen molar-refractivity contribution >= 4 is 0 Å². The van der Waals surface area contributed by atoms with E-state index in [4.69, 9.17) is 0 Å². The second-order valence-corrected chi connectivity index (χ2v) is 3.10. The molecule has 0 heterocycles. The van der Waals surface area contributed by atoms with Gasteiger partial charge in [0.25, 0.3) is 0 Å². The molecule has 0 amide bonds. The Morgan fingerprint density at radius 2 is 1.57 bits per heavy atom. The van der Waals surface area contributed by atoms with Crippen molar-refractivity contribution in [2.75, 3.05) is 0 Å². The predicted molar refractivity (Wildman–Crippen MR) is 27.7 cm³/mol. The molecule has 0 bridgehead atoms. The van der Waals surface area contributed by atoms with Gasteiger partial charge in [0.15, 0.2) is 0 Å². The van der Waals surface area contributed by atoms with Gasteiger partial charge >= 0.3 is 0 Å². The highest BCUT2D eigenvalue weighted by Crippen LogP contribution is 2.68. The van der Waals surface area contributed by atoms with Crippen LogP contribution in [-0.4, -0.2) is 0 Å². The Bertz CT molecular complexity index is 130. The van der Waals surface area contributed by atoms with Crippen molar-refractivity contribution in [3.8, 4) is 0 Å². The van der Waals surface area contributed by atoms with Crippen LogP contribution < -0.4 is 0 Å². The van der Waals surface area contributed by atoms with Crippen LogP contribution in [0.3, 0.4) is 0 Å². The molecule has 7 heavy (non-hydrogen) atoms. The predicted octanol–water partition coefficient (Wildman–Crippen LogP) is 1.44. The molecule has 3 rings (SSSR count). The van der Waals surface area contributed by atoms with Crippen LogP contribution >= 0.6 is 0 Å². The average Bonchev–Trinajstić information content (AvgIpc) is 2.14. The lowest BCUT2D eigenvalue weighted by Crippen LogP contribution is -2.32. The van der Waals surface area contributed by atoms with Crippen LogP contribution in [-0.2, 0) is 0 Å². The third-order valence-corrected chi connectivity index (χ3v) is 2.88. The standard InChI is InChI=1S/C7H8/c1-2-5-4(1)6-3-7(5)6/h1-2,4-7H,3H2. The maximum absolute atomic E-state index is 2.39. The van der Waals surface area contributed by atoms with Crippen LogP contribution in [0.1, 0.15) is 6.42 Å². The van der Waals surface area contributed by atoms with E-state index in [9.17, 15) is 0 Å². The van der Waals surface area contributed by atoms with Gasteiger partial charge in [-0.25, -0.2) is 0 Å². The van der Waals surface area contributed by atoms with E-state index in [1.165, 1.54) is 11.8 Å². The first-order valence-corrected chi connectivity index (χ1v) is 3.15. The summed E-state index contributed by atoms with van der Waals surface area (Å²) in [5.41, 5.74) is 0. The summed E-state index contributed by atoms with van der Waals surface area (Å²) in [5, 5.41) is 0. The molecule has 0 heteroatoms. The van der Waals surface area contributed by atoms with Gasteiger partial charge in [-0.1, -0.05) is 12.2 Å². The molecule has 0 spiro atoms. The molecule has 0 saturated heterocycles. The highest BCUT2D eigenvalue weighted by Gasteiger charge is 2.61. The second-order valence-electron chi connectivity index (χ2n) is 3.10. The van der Waals surface area contributed by atoms with Gasteiger partial charge in [-0.3, -0.25) is 0 Å². The summed E-state index contributed by atoms with van der Waals surface area (Å²) in [5.74, 6) is 4.50. The lowest BCUT2D eigenvalue weighted by atomic mass is 9.66. The fraction of sp³-hybridized carbons (Fsp3) is 0.714. The Morgan fingerprint density at radius 1 is 1.00 bits per heavy atom. The average molecular weight is 92.1 g/mol. The quantitative estimate of drug-likeness (QED) is 0.396. The SMILES string of the molecule is C1=CC2C1C1CC21. The molecule has 36 valence electrons. The molecule has 0 aliphatic heterocycles. The van der Waals surface area contributed by atoms with E-state index in [2.05, 4.69) is 12.2 Å². The van der Waals surface area contributed by atoms with Gasteiger partial charge in [0.1, 0.15) is 0 Å². The van der Waals surface area contributed by atoms with Gasteiger partial charge in [0.05, 0.1) is 0 Å². The van der Waals surface area contributed by atoms with E-state index in [0.717, 1.165) is 11.8 Å². The van der Waals surface area contributed by atoms with Crippen molar-refractivity contribution in [3.05, 3.63) is 12.2 Å². The maximum Gasteiger partial charge on any atom is -0.0136 e. The summed E-state index contributed by atoms with van der Waals surface area (Å²) in [7, 11) is 0. The molecular weight excluding hydrogens is 84.1 g/mol. The second kappa shape index (κ2) is 0.594. The monoisotopic (exact) mass is 92.1 g/mol. The van der Waals surface area contributed by atoms with Crippen LogP contribution in [0.2, 0.25) is 0 Å². The molecule has 0 nitrogen and oxygen atoms in total. The van der Waals surface area contributed by atoms with Crippen molar-refractivity contribution in [1.82, 2.24) is 0 Å². The number of hydrogen-bond donors (Lipinski definition) is 0. The van der Waals surface area contributed by atoms with Gasteiger partial charge < -0.3 is 0 Å². The van der Waals surface area contributed by atoms with Crippen molar-refractivity contribution < 1.29 is 0 Å². The van der Waals surface area contributed by atoms with Gasteiger partial charge in [0.2, 0.25) is 0 Å². The van der Waals surface area contributed by atoms with Crippen molar-refractivity contribution in [3.63, 3.8) is 0 Å².